The number of amides is 1. The van der Waals surface area contributed by atoms with E-state index in [-0.39, 0.29) is 12.3 Å². The molecule has 0 spiro atoms. The third-order valence-corrected chi connectivity index (χ3v) is 5.74. The number of benzene rings is 3. The Hall–Kier alpha value is -3.44. The van der Waals surface area contributed by atoms with E-state index in [4.69, 9.17) is 4.74 Å². The van der Waals surface area contributed by atoms with Gasteiger partial charge in [-0.1, -0.05) is 60.7 Å². The zero-order valence-corrected chi connectivity index (χ0v) is 16.7. The van der Waals surface area contributed by atoms with Crippen molar-refractivity contribution in [3.8, 4) is 5.75 Å². The summed E-state index contributed by atoms with van der Waals surface area (Å²) in [6.45, 7) is 0. The molecule has 0 bridgehead atoms. The quantitative estimate of drug-likeness (QED) is 0.425. The minimum absolute atomic E-state index is 0.146. The molecule has 5 heteroatoms. The van der Waals surface area contributed by atoms with Crippen LogP contribution in [0.15, 0.2) is 84.9 Å². The molecule has 0 saturated heterocycles. The third-order valence-electron chi connectivity index (χ3n) is 4.60. The molecule has 0 N–H and O–H groups in total. The number of para-hydroxylation sites is 1. The SMILES string of the molecule is CN(C(=O)c1sc2ccccc2c1OC(=O)Cc1ccccc1)c1ccccc1. The number of ether oxygens (including phenoxy) is 1. The van der Waals surface area contributed by atoms with Crippen molar-refractivity contribution >= 4 is 39.0 Å². The number of fused-ring (bicyclic) bond motifs is 1. The molecule has 0 saturated carbocycles. The number of esters is 1. The van der Waals surface area contributed by atoms with Gasteiger partial charge in [-0.05, 0) is 29.8 Å². The van der Waals surface area contributed by atoms with Crippen LogP contribution in [0.2, 0.25) is 0 Å². The van der Waals surface area contributed by atoms with Crippen molar-refractivity contribution in [1.82, 2.24) is 0 Å². The fraction of sp³-hybridized carbons (Fsp3) is 0.0833. The van der Waals surface area contributed by atoms with Crippen molar-refractivity contribution in [1.29, 1.82) is 0 Å². The van der Waals surface area contributed by atoms with Crippen LogP contribution in [0.3, 0.4) is 0 Å². The van der Waals surface area contributed by atoms with Crippen LogP contribution in [-0.2, 0) is 11.2 Å². The molecule has 0 radical (unpaired) electrons. The highest BCUT2D eigenvalue weighted by atomic mass is 32.1. The summed E-state index contributed by atoms with van der Waals surface area (Å²) in [6.07, 6.45) is 0.146. The maximum atomic E-state index is 13.2. The summed E-state index contributed by atoms with van der Waals surface area (Å²) in [5.74, 6) is -0.268. The molecule has 4 rings (SSSR count). The summed E-state index contributed by atoms with van der Waals surface area (Å²) in [5.41, 5.74) is 1.64. The molecule has 4 nitrogen and oxygen atoms in total. The van der Waals surface area contributed by atoms with Crippen molar-refractivity contribution in [2.75, 3.05) is 11.9 Å². The van der Waals surface area contributed by atoms with Crippen LogP contribution in [0.25, 0.3) is 10.1 Å². The first kappa shape index (κ1) is 18.9. The van der Waals surface area contributed by atoms with E-state index in [1.807, 2.05) is 84.9 Å². The molecule has 0 aliphatic carbocycles. The zero-order chi connectivity index (χ0) is 20.2. The van der Waals surface area contributed by atoms with Gasteiger partial charge in [-0.25, -0.2) is 0 Å². The minimum atomic E-state index is -0.392. The predicted octanol–water partition coefficient (Wildman–Crippen LogP) is 5.33. The zero-order valence-electron chi connectivity index (χ0n) is 15.9. The molecule has 4 aromatic rings. The second-order valence-electron chi connectivity index (χ2n) is 6.59. The van der Waals surface area contributed by atoms with E-state index in [9.17, 15) is 9.59 Å². The lowest BCUT2D eigenvalue weighted by Crippen LogP contribution is -2.26. The standard InChI is InChI=1S/C24H19NO3S/c1-25(18-12-6-3-7-13-18)24(27)23-22(19-14-8-9-15-20(19)29-23)28-21(26)16-17-10-4-2-5-11-17/h2-15H,16H2,1H3. The van der Waals surface area contributed by atoms with Crippen LogP contribution in [0, 0.1) is 0 Å². The molecule has 1 aromatic heterocycles. The average Bonchev–Trinajstić information content (AvgIpc) is 3.12. The van der Waals surface area contributed by atoms with Crippen molar-refractivity contribution in [2.24, 2.45) is 0 Å². The summed E-state index contributed by atoms with van der Waals surface area (Å²) in [4.78, 5) is 27.8. The van der Waals surface area contributed by atoms with Gasteiger partial charge in [0.15, 0.2) is 5.75 Å². The second-order valence-corrected chi connectivity index (χ2v) is 7.64. The lowest BCUT2D eigenvalue weighted by molar-refractivity contribution is -0.133. The van der Waals surface area contributed by atoms with Gasteiger partial charge in [-0.15, -0.1) is 11.3 Å². The van der Waals surface area contributed by atoms with E-state index >= 15 is 0 Å². The topological polar surface area (TPSA) is 46.6 Å². The summed E-state index contributed by atoms with van der Waals surface area (Å²) >= 11 is 1.33. The monoisotopic (exact) mass is 401 g/mol. The maximum absolute atomic E-state index is 13.2. The molecule has 0 aliphatic heterocycles. The summed E-state index contributed by atoms with van der Waals surface area (Å²) in [5, 5.41) is 0.767. The van der Waals surface area contributed by atoms with Gasteiger partial charge in [0.1, 0.15) is 4.88 Å². The van der Waals surface area contributed by atoms with Gasteiger partial charge in [0.25, 0.3) is 5.91 Å². The van der Waals surface area contributed by atoms with E-state index in [1.54, 1.807) is 11.9 Å². The predicted molar refractivity (Wildman–Crippen MR) is 117 cm³/mol. The Morgan fingerprint density at radius 2 is 1.48 bits per heavy atom. The number of hydrogen-bond acceptors (Lipinski definition) is 4. The Kier molecular flexibility index (Phi) is 5.40. The highest BCUT2D eigenvalue weighted by Crippen LogP contribution is 2.39. The molecular formula is C24H19NO3S. The van der Waals surface area contributed by atoms with Gasteiger partial charge < -0.3 is 9.64 Å². The van der Waals surface area contributed by atoms with Crippen molar-refractivity contribution in [3.63, 3.8) is 0 Å². The van der Waals surface area contributed by atoms with Gasteiger partial charge in [-0.2, -0.15) is 0 Å². The van der Waals surface area contributed by atoms with Crippen LogP contribution in [-0.4, -0.2) is 18.9 Å². The lowest BCUT2D eigenvalue weighted by Gasteiger charge is -2.17. The number of rotatable bonds is 5. The van der Waals surface area contributed by atoms with Gasteiger partial charge in [0, 0.05) is 22.8 Å². The van der Waals surface area contributed by atoms with Crippen molar-refractivity contribution < 1.29 is 14.3 Å². The summed E-state index contributed by atoms with van der Waals surface area (Å²) in [7, 11) is 1.72. The van der Waals surface area contributed by atoms with E-state index in [0.29, 0.717) is 10.6 Å². The number of nitrogens with zero attached hydrogens (tertiary/aromatic N) is 1. The first-order valence-corrected chi connectivity index (χ1v) is 10.0. The average molecular weight is 401 g/mol. The van der Waals surface area contributed by atoms with Gasteiger partial charge >= 0.3 is 5.97 Å². The molecule has 144 valence electrons. The molecule has 0 atom stereocenters. The highest BCUT2D eigenvalue weighted by molar-refractivity contribution is 7.21. The van der Waals surface area contributed by atoms with Gasteiger partial charge in [0.05, 0.1) is 6.42 Å². The lowest BCUT2D eigenvalue weighted by atomic mass is 10.1. The Morgan fingerprint density at radius 3 is 2.21 bits per heavy atom. The van der Waals surface area contributed by atoms with E-state index in [2.05, 4.69) is 0 Å². The van der Waals surface area contributed by atoms with Crippen LogP contribution in [0.5, 0.6) is 5.75 Å². The maximum Gasteiger partial charge on any atom is 0.315 e. The van der Waals surface area contributed by atoms with E-state index in [0.717, 1.165) is 21.3 Å². The van der Waals surface area contributed by atoms with E-state index < -0.39 is 5.97 Å². The number of thiophene rings is 1. The Labute approximate surface area is 173 Å². The normalized spacial score (nSPS) is 10.7. The molecule has 3 aromatic carbocycles. The van der Waals surface area contributed by atoms with E-state index in [1.165, 1.54) is 11.3 Å². The fourth-order valence-electron chi connectivity index (χ4n) is 3.10. The van der Waals surface area contributed by atoms with Crippen LogP contribution < -0.4 is 9.64 Å². The number of hydrogen-bond donors (Lipinski definition) is 0. The number of carbonyl (C=O) groups excluding carboxylic acids is 2. The molecular weight excluding hydrogens is 382 g/mol. The van der Waals surface area contributed by atoms with Crippen LogP contribution in [0.1, 0.15) is 15.2 Å². The fourth-order valence-corrected chi connectivity index (χ4v) is 4.20. The second kappa shape index (κ2) is 8.29. The summed E-state index contributed by atoms with van der Waals surface area (Å²) in [6, 6.07) is 26.4. The first-order valence-electron chi connectivity index (χ1n) is 9.22. The smallest absolute Gasteiger partial charge is 0.315 e. The highest BCUT2D eigenvalue weighted by Gasteiger charge is 2.25. The minimum Gasteiger partial charge on any atom is -0.424 e. The summed E-state index contributed by atoms with van der Waals surface area (Å²) < 4.78 is 6.64. The van der Waals surface area contributed by atoms with Gasteiger partial charge in [-0.3, -0.25) is 9.59 Å². The van der Waals surface area contributed by atoms with Crippen molar-refractivity contribution in [3.05, 3.63) is 95.4 Å². The Bertz CT molecular complexity index is 1150. The molecule has 1 heterocycles. The first-order chi connectivity index (χ1) is 14.1. The van der Waals surface area contributed by atoms with Crippen LogP contribution >= 0.6 is 11.3 Å². The van der Waals surface area contributed by atoms with Crippen molar-refractivity contribution in [2.45, 2.75) is 6.42 Å². The molecule has 0 aliphatic rings. The van der Waals surface area contributed by atoms with Gasteiger partial charge in [0.2, 0.25) is 0 Å². The number of carbonyl (C=O) groups is 2. The Morgan fingerprint density at radius 1 is 0.862 bits per heavy atom. The molecule has 0 fully saturated rings. The number of anilines is 1. The molecule has 0 unspecified atom stereocenters. The third kappa shape index (κ3) is 4.05. The molecule has 1 amide bonds. The van der Waals surface area contributed by atoms with Crippen LogP contribution in [0.4, 0.5) is 5.69 Å². The molecule has 29 heavy (non-hydrogen) atoms. The largest absolute Gasteiger partial charge is 0.424 e. The Balaban J connectivity index is 1.67.